The Hall–Kier alpha value is -3.19. The lowest BCUT2D eigenvalue weighted by Gasteiger charge is -2.33. The Labute approximate surface area is 214 Å². The predicted molar refractivity (Wildman–Crippen MR) is 138 cm³/mol. The zero-order chi connectivity index (χ0) is 25.4. The number of nitrogens with one attached hydrogen (secondary N) is 1. The van der Waals surface area contributed by atoms with Gasteiger partial charge in [-0.15, -0.1) is 0 Å². The largest absolute Gasteiger partial charge is 0.484 e. The summed E-state index contributed by atoms with van der Waals surface area (Å²) in [5.74, 6) is -0.429. The minimum absolute atomic E-state index is 0.137. The van der Waals surface area contributed by atoms with Crippen LogP contribution in [0.25, 0.3) is 0 Å². The first kappa shape index (κ1) is 26.4. The van der Waals surface area contributed by atoms with Crippen molar-refractivity contribution < 1.29 is 18.7 Å². The lowest BCUT2D eigenvalue weighted by atomic mass is 10.0. The topological polar surface area (TPSA) is 58.6 Å². The van der Waals surface area contributed by atoms with Crippen molar-refractivity contribution in [2.45, 2.75) is 45.3 Å². The van der Waals surface area contributed by atoms with E-state index in [2.05, 4.69) is 21.2 Å². The number of amides is 2. The van der Waals surface area contributed by atoms with E-state index in [1.165, 1.54) is 17.0 Å². The summed E-state index contributed by atoms with van der Waals surface area (Å²) in [6.07, 6.45) is 0.327. The molecule has 0 saturated carbocycles. The summed E-state index contributed by atoms with van der Waals surface area (Å²) in [6, 6.07) is 21.9. The van der Waals surface area contributed by atoms with E-state index in [-0.39, 0.29) is 30.8 Å². The molecule has 0 bridgehead atoms. The third-order valence-corrected chi connectivity index (χ3v) is 5.74. The molecule has 0 fully saturated rings. The molecule has 3 aromatic rings. The normalized spacial score (nSPS) is 12.0. The number of carbonyl (C=O) groups is 2. The van der Waals surface area contributed by atoms with Gasteiger partial charge in [0.25, 0.3) is 5.91 Å². The van der Waals surface area contributed by atoms with Crippen LogP contribution in [0, 0.1) is 5.82 Å². The second kappa shape index (κ2) is 12.0. The van der Waals surface area contributed by atoms with Crippen molar-refractivity contribution in [2.75, 3.05) is 6.61 Å². The minimum atomic E-state index is -0.789. The third kappa shape index (κ3) is 8.51. The smallest absolute Gasteiger partial charge is 0.261 e. The fourth-order valence-corrected chi connectivity index (χ4v) is 3.82. The summed E-state index contributed by atoms with van der Waals surface area (Å²) in [5.41, 5.74) is 1.15. The van der Waals surface area contributed by atoms with Gasteiger partial charge in [-0.1, -0.05) is 58.4 Å². The van der Waals surface area contributed by atoms with Crippen LogP contribution in [0.2, 0.25) is 0 Å². The van der Waals surface area contributed by atoms with Gasteiger partial charge in [-0.05, 0) is 68.3 Å². The van der Waals surface area contributed by atoms with Crippen LogP contribution in [0.1, 0.15) is 31.9 Å². The summed E-state index contributed by atoms with van der Waals surface area (Å²) in [7, 11) is 0. The predicted octanol–water partition coefficient (Wildman–Crippen LogP) is 5.52. The van der Waals surface area contributed by atoms with Gasteiger partial charge in [0.1, 0.15) is 17.6 Å². The Balaban J connectivity index is 1.91. The van der Waals surface area contributed by atoms with Gasteiger partial charge in [-0.2, -0.15) is 0 Å². The second-order valence-corrected chi connectivity index (χ2v) is 10.3. The van der Waals surface area contributed by atoms with Crippen molar-refractivity contribution >= 4 is 27.7 Å². The molecule has 0 aliphatic carbocycles. The highest BCUT2D eigenvalue weighted by molar-refractivity contribution is 9.10. The van der Waals surface area contributed by atoms with E-state index in [1.54, 1.807) is 24.3 Å². The number of nitrogens with zero attached hydrogens (tertiary/aromatic N) is 1. The fraction of sp³-hybridized carbons (Fsp3) is 0.286. The molecular formula is C28H30BrFN2O3. The standard InChI is InChI=1S/C28H30BrFN2O3/c1-28(2,3)31-27(34)25(17-20-7-5-4-6-8-20)32(18-21-9-13-23(30)14-10-21)26(33)19-35-24-15-11-22(29)12-16-24/h4-16,25H,17-19H2,1-3H3,(H,31,34)/t25-/m1/s1. The van der Waals surface area contributed by atoms with Gasteiger partial charge in [0, 0.05) is 23.0 Å². The van der Waals surface area contributed by atoms with Crippen molar-refractivity contribution in [3.8, 4) is 5.75 Å². The maximum atomic E-state index is 13.5. The Morgan fingerprint density at radius 1 is 0.943 bits per heavy atom. The number of hydrogen-bond donors (Lipinski definition) is 1. The zero-order valence-electron chi connectivity index (χ0n) is 20.1. The molecule has 35 heavy (non-hydrogen) atoms. The zero-order valence-corrected chi connectivity index (χ0v) is 21.7. The number of ether oxygens (including phenoxy) is 1. The molecule has 0 aromatic heterocycles. The van der Waals surface area contributed by atoms with Crippen LogP contribution in [0.5, 0.6) is 5.75 Å². The SMILES string of the molecule is CC(C)(C)NC(=O)[C@@H](Cc1ccccc1)N(Cc1ccc(F)cc1)C(=O)COc1ccc(Br)cc1. The molecule has 3 rings (SSSR count). The number of rotatable bonds is 9. The first-order chi connectivity index (χ1) is 16.6. The van der Waals surface area contributed by atoms with Gasteiger partial charge in [-0.3, -0.25) is 9.59 Å². The highest BCUT2D eigenvalue weighted by Crippen LogP contribution is 2.19. The van der Waals surface area contributed by atoms with Crippen LogP contribution in [-0.4, -0.2) is 34.9 Å². The van der Waals surface area contributed by atoms with Crippen molar-refractivity contribution in [3.63, 3.8) is 0 Å². The lowest BCUT2D eigenvalue weighted by Crippen LogP contribution is -2.55. The van der Waals surface area contributed by atoms with Crippen LogP contribution in [0.3, 0.4) is 0 Å². The maximum Gasteiger partial charge on any atom is 0.261 e. The third-order valence-electron chi connectivity index (χ3n) is 5.21. The molecule has 0 radical (unpaired) electrons. The summed E-state index contributed by atoms with van der Waals surface area (Å²) in [4.78, 5) is 28.5. The minimum Gasteiger partial charge on any atom is -0.484 e. The van der Waals surface area contributed by atoms with Crippen LogP contribution >= 0.6 is 15.9 Å². The molecule has 3 aromatic carbocycles. The molecule has 0 spiro atoms. The van der Waals surface area contributed by atoms with E-state index in [0.29, 0.717) is 17.7 Å². The molecule has 0 heterocycles. The maximum absolute atomic E-state index is 13.5. The van der Waals surface area contributed by atoms with Gasteiger partial charge in [0.15, 0.2) is 6.61 Å². The van der Waals surface area contributed by atoms with Crippen molar-refractivity contribution in [1.29, 1.82) is 0 Å². The molecule has 184 valence electrons. The van der Waals surface area contributed by atoms with E-state index in [4.69, 9.17) is 4.74 Å². The first-order valence-electron chi connectivity index (χ1n) is 11.4. The van der Waals surface area contributed by atoms with E-state index in [0.717, 1.165) is 10.0 Å². The number of halogens is 2. The van der Waals surface area contributed by atoms with Crippen molar-refractivity contribution in [2.24, 2.45) is 0 Å². The summed E-state index contributed by atoms with van der Waals surface area (Å²) in [5, 5.41) is 3.01. The molecule has 5 nitrogen and oxygen atoms in total. The summed E-state index contributed by atoms with van der Waals surface area (Å²) < 4.78 is 20.1. The molecule has 0 aliphatic rings. The molecule has 2 amide bonds. The average Bonchev–Trinajstić information content (AvgIpc) is 2.81. The Kier molecular flexibility index (Phi) is 9.04. The number of hydrogen-bond acceptors (Lipinski definition) is 3. The van der Waals surface area contributed by atoms with Crippen LogP contribution in [-0.2, 0) is 22.6 Å². The molecular weight excluding hydrogens is 511 g/mol. The number of benzene rings is 3. The molecule has 1 atom stereocenters. The van der Waals surface area contributed by atoms with Crippen LogP contribution < -0.4 is 10.1 Å². The molecule has 0 unspecified atom stereocenters. The monoisotopic (exact) mass is 540 g/mol. The summed E-state index contributed by atoms with van der Waals surface area (Å²) >= 11 is 3.38. The lowest BCUT2D eigenvalue weighted by molar-refractivity contribution is -0.143. The Morgan fingerprint density at radius 2 is 1.57 bits per heavy atom. The highest BCUT2D eigenvalue weighted by Gasteiger charge is 2.32. The molecule has 0 saturated heterocycles. The van der Waals surface area contributed by atoms with E-state index in [9.17, 15) is 14.0 Å². The van der Waals surface area contributed by atoms with Gasteiger partial charge in [0.2, 0.25) is 5.91 Å². The molecule has 7 heteroatoms. The molecule has 1 N–H and O–H groups in total. The highest BCUT2D eigenvalue weighted by atomic mass is 79.9. The van der Waals surface area contributed by atoms with E-state index >= 15 is 0 Å². The van der Waals surface area contributed by atoms with Gasteiger partial charge in [-0.25, -0.2) is 4.39 Å². The first-order valence-corrected chi connectivity index (χ1v) is 12.2. The van der Waals surface area contributed by atoms with Gasteiger partial charge >= 0.3 is 0 Å². The quantitative estimate of drug-likeness (QED) is 0.388. The van der Waals surface area contributed by atoms with E-state index < -0.39 is 11.6 Å². The molecule has 0 aliphatic heterocycles. The van der Waals surface area contributed by atoms with Gasteiger partial charge in [0.05, 0.1) is 0 Å². The Bertz CT molecular complexity index is 1110. The average molecular weight is 541 g/mol. The van der Waals surface area contributed by atoms with Gasteiger partial charge < -0.3 is 15.0 Å². The Morgan fingerprint density at radius 3 is 2.17 bits per heavy atom. The van der Waals surface area contributed by atoms with Crippen molar-refractivity contribution in [1.82, 2.24) is 10.2 Å². The van der Waals surface area contributed by atoms with Crippen molar-refractivity contribution in [3.05, 3.63) is 100 Å². The fourth-order valence-electron chi connectivity index (χ4n) is 3.55. The number of carbonyl (C=O) groups excluding carboxylic acids is 2. The van der Waals surface area contributed by atoms with E-state index in [1.807, 2.05) is 63.2 Å². The van der Waals surface area contributed by atoms with Crippen LogP contribution in [0.15, 0.2) is 83.3 Å². The summed E-state index contributed by atoms with van der Waals surface area (Å²) in [6.45, 7) is 5.59. The van der Waals surface area contributed by atoms with Crippen LogP contribution in [0.4, 0.5) is 4.39 Å². The second-order valence-electron chi connectivity index (χ2n) is 9.34.